The summed E-state index contributed by atoms with van der Waals surface area (Å²) < 4.78 is 13.2. The molecule has 0 bridgehead atoms. The first kappa shape index (κ1) is 26.8. The van der Waals surface area contributed by atoms with Gasteiger partial charge in [-0.3, -0.25) is 19.5 Å². The van der Waals surface area contributed by atoms with Crippen molar-refractivity contribution in [1.82, 2.24) is 4.57 Å². The Morgan fingerprint density at radius 1 is 1.20 bits per heavy atom. The second kappa shape index (κ2) is 10.8. The highest BCUT2D eigenvalue weighted by Crippen LogP contribution is 2.32. The summed E-state index contributed by atoms with van der Waals surface area (Å²) in [5.74, 6) is 0.314. The monoisotopic (exact) mass is 558 g/mol. The summed E-state index contributed by atoms with van der Waals surface area (Å²) in [5.41, 5.74) is 2.70. The molecule has 1 unspecified atom stereocenters. The van der Waals surface area contributed by atoms with E-state index in [0.29, 0.717) is 37.7 Å². The van der Waals surface area contributed by atoms with Gasteiger partial charge in [0.1, 0.15) is 11.5 Å². The molecule has 5 rings (SSSR count). The number of aromatic nitrogens is 1. The number of nitro benzene ring substituents is 1. The fraction of sp³-hybridized carbons (Fsp3) is 0.207. The first-order valence-corrected chi connectivity index (χ1v) is 13.3. The van der Waals surface area contributed by atoms with Gasteiger partial charge in [0.15, 0.2) is 4.80 Å². The minimum absolute atomic E-state index is 0.0462. The lowest BCUT2D eigenvalue weighted by Crippen LogP contribution is -2.39. The summed E-state index contributed by atoms with van der Waals surface area (Å²) in [6.45, 7) is 3.66. The molecule has 0 radical (unpaired) electrons. The normalized spacial score (nSPS) is 15.0. The number of ether oxygens (including phenoxy) is 1. The Hall–Kier alpha value is -4.77. The van der Waals surface area contributed by atoms with Crippen molar-refractivity contribution in [1.29, 1.82) is 0 Å². The number of nitro groups is 1. The predicted octanol–water partition coefficient (Wildman–Crippen LogP) is 4.03. The Morgan fingerprint density at radius 3 is 2.62 bits per heavy atom. The van der Waals surface area contributed by atoms with Crippen molar-refractivity contribution in [3.8, 4) is 11.3 Å². The van der Waals surface area contributed by atoms with Crippen LogP contribution in [0.25, 0.3) is 17.4 Å². The predicted molar refractivity (Wildman–Crippen MR) is 152 cm³/mol. The van der Waals surface area contributed by atoms with Crippen molar-refractivity contribution in [3.05, 3.63) is 113 Å². The molecule has 0 spiro atoms. The number of rotatable bonds is 7. The maximum atomic E-state index is 13.8. The Balaban J connectivity index is 1.61. The molecule has 2 aromatic heterocycles. The number of benzene rings is 2. The first-order chi connectivity index (χ1) is 19.2. The largest absolute Gasteiger partial charge is 0.463 e. The van der Waals surface area contributed by atoms with Crippen LogP contribution in [0, 0.1) is 10.1 Å². The first-order valence-electron chi connectivity index (χ1n) is 12.5. The number of furan rings is 1. The van der Waals surface area contributed by atoms with Crippen molar-refractivity contribution in [2.75, 3.05) is 25.6 Å². The summed E-state index contributed by atoms with van der Waals surface area (Å²) in [6.07, 6.45) is 1.61. The molecule has 204 valence electrons. The summed E-state index contributed by atoms with van der Waals surface area (Å²) in [6, 6.07) is 16.5. The van der Waals surface area contributed by atoms with Crippen molar-refractivity contribution < 1.29 is 18.9 Å². The molecule has 1 atom stereocenters. The molecule has 4 aromatic rings. The molecule has 40 heavy (non-hydrogen) atoms. The van der Waals surface area contributed by atoms with Crippen LogP contribution in [0.5, 0.6) is 0 Å². The molecule has 3 heterocycles. The van der Waals surface area contributed by atoms with Gasteiger partial charge in [0.25, 0.3) is 11.2 Å². The van der Waals surface area contributed by atoms with Gasteiger partial charge in [-0.2, -0.15) is 0 Å². The van der Waals surface area contributed by atoms with E-state index < -0.39 is 16.9 Å². The number of allylic oxidation sites excluding steroid dienone is 1. The van der Waals surface area contributed by atoms with Gasteiger partial charge in [0, 0.05) is 43.6 Å². The smallest absolute Gasteiger partial charge is 0.338 e. The van der Waals surface area contributed by atoms with Gasteiger partial charge in [0.2, 0.25) is 0 Å². The summed E-state index contributed by atoms with van der Waals surface area (Å²) in [4.78, 5) is 44.6. The van der Waals surface area contributed by atoms with Crippen LogP contribution in [-0.4, -0.2) is 36.2 Å². The molecule has 0 aliphatic carbocycles. The highest BCUT2D eigenvalue weighted by molar-refractivity contribution is 7.07. The van der Waals surface area contributed by atoms with Crippen LogP contribution in [-0.2, 0) is 9.53 Å². The quantitative estimate of drug-likeness (QED) is 0.191. The maximum Gasteiger partial charge on any atom is 0.338 e. The number of carbonyl (C=O) groups is 1. The van der Waals surface area contributed by atoms with E-state index in [1.165, 1.54) is 28.0 Å². The molecular formula is C29H26N4O6S. The van der Waals surface area contributed by atoms with Gasteiger partial charge >= 0.3 is 5.97 Å². The average molecular weight is 559 g/mol. The number of hydrogen-bond acceptors (Lipinski definition) is 9. The summed E-state index contributed by atoms with van der Waals surface area (Å²) >= 11 is 1.19. The topological polar surface area (TPSA) is 120 Å². The van der Waals surface area contributed by atoms with E-state index in [2.05, 4.69) is 4.99 Å². The van der Waals surface area contributed by atoms with E-state index in [-0.39, 0.29) is 17.9 Å². The molecule has 0 N–H and O–H groups in total. The Bertz CT molecular complexity index is 1830. The summed E-state index contributed by atoms with van der Waals surface area (Å²) in [7, 11) is 3.87. The SMILES string of the molecule is CCOC(=O)C1=C(C)N=c2sc(=Cc3ccc(-c4cccc([N+](=O)[O-])c4)o3)c(=O)n2C1c1ccc(N(C)C)cc1. The second-order valence-electron chi connectivity index (χ2n) is 9.30. The highest BCUT2D eigenvalue weighted by atomic mass is 32.1. The van der Waals surface area contributed by atoms with E-state index in [4.69, 9.17) is 9.15 Å². The third kappa shape index (κ3) is 4.98. The number of carbonyl (C=O) groups excluding carboxylic acids is 1. The second-order valence-corrected chi connectivity index (χ2v) is 10.3. The van der Waals surface area contributed by atoms with Crippen LogP contribution < -0.4 is 19.8 Å². The lowest BCUT2D eigenvalue weighted by molar-refractivity contribution is -0.384. The minimum Gasteiger partial charge on any atom is -0.463 e. The highest BCUT2D eigenvalue weighted by Gasteiger charge is 2.33. The third-order valence-electron chi connectivity index (χ3n) is 6.48. The molecule has 0 saturated carbocycles. The van der Waals surface area contributed by atoms with Crippen LogP contribution in [0.2, 0.25) is 0 Å². The third-order valence-corrected chi connectivity index (χ3v) is 7.47. The van der Waals surface area contributed by atoms with Crippen LogP contribution in [0.3, 0.4) is 0 Å². The van der Waals surface area contributed by atoms with E-state index in [9.17, 15) is 19.7 Å². The Kier molecular flexibility index (Phi) is 7.22. The number of thiazole rings is 1. The zero-order chi connectivity index (χ0) is 28.6. The maximum absolute atomic E-state index is 13.8. The van der Waals surface area contributed by atoms with Crippen LogP contribution in [0.1, 0.15) is 31.2 Å². The molecule has 2 aromatic carbocycles. The van der Waals surface area contributed by atoms with E-state index in [0.717, 1.165) is 11.3 Å². The zero-order valence-corrected chi connectivity index (χ0v) is 23.1. The lowest BCUT2D eigenvalue weighted by Gasteiger charge is -2.25. The van der Waals surface area contributed by atoms with Gasteiger partial charge in [-0.1, -0.05) is 35.6 Å². The van der Waals surface area contributed by atoms with Crippen LogP contribution >= 0.6 is 11.3 Å². The van der Waals surface area contributed by atoms with E-state index in [1.54, 1.807) is 44.2 Å². The number of non-ortho nitro benzene ring substituents is 1. The molecular weight excluding hydrogens is 532 g/mol. The van der Waals surface area contributed by atoms with Crippen molar-refractivity contribution in [2.24, 2.45) is 4.99 Å². The standard InChI is InChI=1S/C29H26N4O6S/c1-5-38-28(35)25-17(2)30-29-32(26(25)18-9-11-20(12-10-18)31(3)4)27(34)24(40-29)16-22-13-14-23(39-22)19-7-6-8-21(15-19)33(36)37/h6-16,26H,5H2,1-4H3. The zero-order valence-electron chi connectivity index (χ0n) is 22.3. The van der Waals surface area contributed by atoms with Gasteiger partial charge in [-0.25, -0.2) is 9.79 Å². The van der Waals surface area contributed by atoms with E-state index >= 15 is 0 Å². The fourth-order valence-corrected chi connectivity index (χ4v) is 5.58. The molecule has 1 aliphatic rings. The molecule has 0 amide bonds. The number of esters is 1. The summed E-state index contributed by atoms with van der Waals surface area (Å²) in [5, 5.41) is 11.2. The number of fused-ring (bicyclic) bond motifs is 1. The number of hydrogen-bond donors (Lipinski definition) is 0. The van der Waals surface area contributed by atoms with Crippen molar-refractivity contribution >= 4 is 34.8 Å². The number of nitrogens with zero attached hydrogens (tertiary/aromatic N) is 4. The van der Waals surface area contributed by atoms with Gasteiger partial charge < -0.3 is 14.1 Å². The molecule has 0 saturated heterocycles. The molecule has 1 aliphatic heterocycles. The molecule has 11 heteroatoms. The van der Waals surface area contributed by atoms with E-state index in [1.807, 2.05) is 43.3 Å². The molecule has 0 fully saturated rings. The Labute approximate surface area is 232 Å². The van der Waals surface area contributed by atoms with Crippen LogP contribution in [0.15, 0.2) is 86.1 Å². The Morgan fingerprint density at radius 2 is 1.95 bits per heavy atom. The number of anilines is 1. The van der Waals surface area contributed by atoms with Gasteiger partial charge in [0.05, 0.1) is 33.4 Å². The average Bonchev–Trinajstić information content (AvgIpc) is 3.52. The van der Waals surface area contributed by atoms with Gasteiger partial charge in [-0.05, 0) is 43.7 Å². The van der Waals surface area contributed by atoms with Crippen molar-refractivity contribution in [3.63, 3.8) is 0 Å². The minimum atomic E-state index is -0.717. The molecule has 10 nitrogen and oxygen atoms in total. The van der Waals surface area contributed by atoms with Crippen molar-refractivity contribution in [2.45, 2.75) is 19.9 Å². The lowest BCUT2D eigenvalue weighted by atomic mass is 9.95. The fourth-order valence-electron chi connectivity index (χ4n) is 4.55. The van der Waals surface area contributed by atoms with Crippen LogP contribution in [0.4, 0.5) is 11.4 Å². The van der Waals surface area contributed by atoms with Gasteiger partial charge in [-0.15, -0.1) is 0 Å².